The van der Waals surface area contributed by atoms with E-state index >= 15 is 0 Å². The molecule has 0 heterocycles. The quantitative estimate of drug-likeness (QED) is 0.135. The van der Waals surface area contributed by atoms with E-state index in [4.69, 9.17) is 34.2 Å². The van der Waals surface area contributed by atoms with E-state index in [-0.39, 0.29) is 49.6 Å². The molecule has 238 valence electrons. The second-order valence-corrected chi connectivity index (χ2v) is 12.4. The molecule has 0 aliphatic heterocycles. The standard InChI is InChI=1S/C30H47NO11/c1-19(2)11-13-37-26(34)41-23-10-9-22(15-24(23)42-27(35)38-14-12-20(3)4)17-30(31,25(32)33)16-21(5)40-28(36)39-18-29(6,7)8/h9-10,15,19-21H,11-14,16-18,31H2,1-8H3,(H,32,33)/t21-,30?/m0/s1. The minimum Gasteiger partial charge on any atom is -0.480 e. The summed E-state index contributed by atoms with van der Waals surface area (Å²) in [5.74, 6) is -1.06. The number of hydrogen-bond acceptors (Lipinski definition) is 11. The third-order valence-corrected chi connectivity index (χ3v) is 5.74. The number of carbonyl (C=O) groups excluding carboxylic acids is 3. The number of benzene rings is 1. The second-order valence-electron chi connectivity index (χ2n) is 12.4. The molecule has 3 N–H and O–H groups in total. The van der Waals surface area contributed by atoms with Crippen molar-refractivity contribution in [3.8, 4) is 11.5 Å². The van der Waals surface area contributed by atoms with E-state index in [1.54, 1.807) is 0 Å². The monoisotopic (exact) mass is 597 g/mol. The minimum absolute atomic E-state index is 0.116. The maximum absolute atomic E-state index is 12.4. The molecule has 12 nitrogen and oxygen atoms in total. The third kappa shape index (κ3) is 14.9. The Morgan fingerprint density at radius 2 is 1.33 bits per heavy atom. The number of rotatable bonds is 15. The maximum atomic E-state index is 12.4. The van der Waals surface area contributed by atoms with Crippen LogP contribution in [0.15, 0.2) is 18.2 Å². The van der Waals surface area contributed by atoms with Crippen molar-refractivity contribution in [3.05, 3.63) is 23.8 Å². The molecular weight excluding hydrogens is 550 g/mol. The van der Waals surface area contributed by atoms with Crippen LogP contribution in [0, 0.1) is 17.3 Å². The normalized spacial score (nSPS) is 13.6. The zero-order chi connectivity index (χ0) is 32.1. The Morgan fingerprint density at radius 1 is 0.810 bits per heavy atom. The number of hydrogen-bond donors (Lipinski definition) is 2. The number of carboxylic acid groups (broad SMARTS) is 1. The molecule has 0 aliphatic rings. The molecule has 1 rings (SSSR count). The summed E-state index contributed by atoms with van der Waals surface area (Å²) < 4.78 is 31.0. The summed E-state index contributed by atoms with van der Waals surface area (Å²) in [6.45, 7) is 15.4. The van der Waals surface area contributed by atoms with Crippen molar-refractivity contribution in [1.82, 2.24) is 0 Å². The Kier molecular flexibility index (Phi) is 14.6. The fourth-order valence-corrected chi connectivity index (χ4v) is 3.45. The topological polar surface area (TPSA) is 170 Å². The number of carboxylic acids is 1. The molecule has 2 atom stereocenters. The lowest BCUT2D eigenvalue weighted by Gasteiger charge is -2.28. The van der Waals surface area contributed by atoms with Gasteiger partial charge in [0.15, 0.2) is 11.5 Å². The van der Waals surface area contributed by atoms with Crippen molar-refractivity contribution in [2.75, 3.05) is 19.8 Å². The number of ether oxygens (including phenoxy) is 6. The van der Waals surface area contributed by atoms with Crippen molar-refractivity contribution >= 4 is 24.4 Å². The average Bonchev–Trinajstić information content (AvgIpc) is 2.83. The van der Waals surface area contributed by atoms with Gasteiger partial charge in [-0.05, 0) is 54.7 Å². The summed E-state index contributed by atoms with van der Waals surface area (Å²) in [6, 6.07) is 4.14. The first-order valence-corrected chi connectivity index (χ1v) is 14.1. The fourth-order valence-electron chi connectivity index (χ4n) is 3.45. The molecule has 1 unspecified atom stereocenters. The van der Waals surface area contributed by atoms with Gasteiger partial charge >= 0.3 is 24.4 Å². The first-order chi connectivity index (χ1) is 19.4. The predicted molar refractivity (Wildman–Crippen MR) is 154 cm³/mol. The van der Waals surface area contributed by atoms with Crippen molar-refractivity contribution in [2.45, 2.75) is 92.7 Å². The van der Waals surface area contributed by atoms with Crippen molar-refractivity contribution in [3.63, 3.8) is 0 Å². The van der Waals surface area contributed by atoms with Crippen LogP contribution in [0.3, 0.4) is 0 Å². The lowest BCUT2D eigenvalue weighted by molar-refractivity contribution is -0.144. The van der Waals surface area contributed by atoms with Crippen LogP contribution in [-0.2, 0) is 30.2 Å². The Bertz CT molecular complexity index is 1050. The Hall–Kier alpha value is -3.54. The summed E-state index contributed by atoms with van der Waals surface area (Å²) >= 11 is 0. The first-order valence-electron chi connectivity index (χ1n) is 14.1. The lowest BCUT2D eigenvalue weighted by Crippen LogP contribution is -2.52. The van der Waals surface area contributed by atoms with E-state index in [0.29, 0.717) is 30.2 Å². The summed E-state index contributed by atoms with van der Waals surface area (Å²) in [5.41, 5.74) is 4.45. The van der Waals surface area contributed by atoms with Crippen LogP contribution in [0.2, 0.25) is 0 Å². The Labute approximate surface area is 248 Å². The highest BCUT2D eigenvalue weighted by atomic mass is 16.7. The largest absolute Gasteiger partial charge is 0.513 e. The summed E-state index contributed by atoms with van der Waals surface area (Å²) in [6.07, 6.45) is -3.11. The number of carbonyl (C=O) groups is 4. The van der Waals surface area contributed by atoms with E-state index in [2.05, 4.69) is 0 Å². The smallest absolute Gasteiger partial charge is 0.480 e. The zero-order valence-corrected chi connectivity index (χ0v) is 26.0. The predicted octanol–water partition coefficient (Wildman–Crippen LogP) is 6.11. The van der Waals surface area contributed by atoms with Gasteiger partial charge in [-0.3, -0.25) is 4.79 Å². The molecule has 0 radical (unpaired) electrons. The van der Waals surface area contributed by atoms with E-state index in [1.165, 1.54) is 25.1 Å². The lowest BCUT2D eigenvalue weighted by atomic mass is 9.86. The van der Waals surface area contributed by atoms with Gasteiger partial charge in [0.05, 0.1) is 19.8 Å². The molecule has 0 spiro atoms. The van der Waals surface area contributed by atoms with Crippen LogP contribution in [0.1, 0.15) is 80.2 Å². The molecule has 1 aromatic rings. The molecule has 0 bridgehead atoms. The first kappa shape index (κ1) is 36.5. The number of aliphatic carboxylic acids is 1. The van der Waals surface area contributed by atoms with Gasteiger partial charge in [0.1, 0.15) is 11.6 Å². The highest BCUT2D eigenvalue weighted by Gasteiger charge is 2.37. The van der Waals surface area contributed by atoms with Crippen molar-refractivity contribution < 1.29 is 52.7 Å². The fraction of sp³-hybridized carbons (Fsp3) is 0.667. The Balaban J connectivity index is 3.10. The van der Waals surface area contributed by atoms with Crippen LogP contribution in [-0.4, -0.2) is 61.0 Å². The van der Waals surface area contributed by atoms with Crippen molar-refractivity contribution in [1.29, 1.82) is 0 Å². The number of nitrogens with two attached hydrogens (primary N) is 1. The molecule has 1 aromatic carbocycles. The molecular formula is C30H47NO11. The molecule has 12 heteroatoms. The molecule has 0 amide bonds. The highest BCUT2D eigenvalue weighted by molar-refractivity contribution is 5.79. The van der Waals surface area contributed by atoms with E-state index in [1.807, 2.05) is 48.5 Å². The van der Waals surface area contributed by atoms with Gasteiger partial charge in [0, 0.05) is 12.8 Å². The third-order valence-electron chi connectivity index (χ3n) is 5.74. The summed E-state index contributed by atoms with van der Waals surface area (Å²) in [7, 11) is 0. The molecule has 0 saturated carbocycles. The van der Waals surface area contributed by atoms with Gasteiger partial charge in [0.25, 0.3) is 0 Å². The van der Waals surface area contributed by atoms with E-state index < -0.39 is 36.1 Å². The average molecular weight is 598 g/mol. The molecule has 0 fully saturated rings. The minimum atomic E-state index is -1.88. The summed E-state index contributed by atoms with van der Waals surface area (Å²) in [4.78, 5) is 48.8. The van der Waals surface area contributed by atoms with Crippen LogP contribution >= 0.6 is 0 Å². The Morgan fingerprint density at radius 3 is 1.81 bits per heavy atom. The van der Waals surface area contributed by atoms with Gasteiger partial charge in [-0.2, -0.15) is 0 Å². The SMILES string of the molecule is CC(C)CCOC(=O)Oc1ccc(CC(N)(C[C@H](C)OC(=O)OCC(C)(C)C)C(=O)O)cc1OC(=O)OCCC(C)C. The van der Waals surface area contributed by atoms with Crippen LogP contribution in [0.25, 0.3) is 0 Å². The van der Waals surface area contributed by atoms with Gasteiger partial charge in [-0.15, -0.1) is 0 Å². The van der Waals surface area contributed by atoms with Crippen LogP contribution in [0.4, 0.5) is 14.4 Å². The van der Waals surface area contributed by atoms with Gasteiger partial charge in [0.2, 0.25) is 0 Å². The molecule has 0 aromatic heterocycles. The van der Waals surface area contributed by atoms with Crippen molar-refractivity contribution in [2.24, 2.45) is 23.0 Å². The molecule has 0 aliphatic carbocycles. The summed E-state index contributed by atoms with van der Waals surface area (Å²) in [5, 5.41) is 9.95. The second kappa shape index (κ2) is 16.8. The molecule has 42 heavy (non-hydrogen) atoms. The zero-order valence-electron chi connectivity index (χ0n) is 26.0. The van der Waals surface area contributed by atoms with Gasteiger partial charge in [-0.1, -0.05) is 54.5 Å². The molecule has 0 saturated heterocycles. The maximum Gasteiger partial charge on any atom is 0.513 e. The van der Waals surface area contributed by atoms with Gasteiger partial charge in [-0.25, -0.2) is 14.4 Å². The van der Waals surface area contributed by atoms with E-state index in [0.717, 1.165) is 0 Å². The highest BCUT2D eigenvalue weighted by Crippen LogP contribution is 2.31. The van der Waals surface area contributed by atoms with E-state index in [9.17, 15) is 24.3 Å². The van der Waals surface area contributed by atoms with Gasteiger partial charge < -0.3 is 39.3 Å². The van der Waals surface area contributed by atoms with Crippen LogP contribution < -0.4 is 15.2 Å². The van der Waals surface area contributed by atoms with Crippen LogP contribution in [0.5, 0.6) is 11.5 Å².